The lowest BCUT2D eigenvalue weighted by molar-refractivity contribution is -0.123. The highest BCUT2D eigenvalue weighted by Crippen LogP contribution is 2.39. The Balaban J connectivity index is 1.66. The number of amides is 1. The highest BCUT2D eigenvalue weighted by atomic mass is 32.2. The third-order valence-corrected chi connectivity index (χ3v) is 5.95. The second-order valence-corrected chi connectivity index (χ2v) is 8.13. The number of carbonyl (C=O) groups is 1. The zero-order valence-electron chi connectivity index (χ0n) is 17.5. The van der Waals surface area contributed by atoms with E-state index in [4.69, 9.17) is 15.0 Å². The van der Waals surface area contributed by atoms with Gasteiger partial charge in [0.15, 0.2) is 11.8 Å². The molecule has 0 saturated carbocycles. The Morgan fingerprint density at radius 1 is 1.03 bits per heavy atom. The molecule has 5 nitrogen and oxygen atoms in total. The summed E-state index contributed by atoms with van der Waals surface area (Å²) in [7, 11) is 0. The van der Waals surface area contributed by atoms with Crippen molar-refractivity contribution in [2.75, 3.05) is 6.61 Å². The van der Waals surface area contributed by atoms with E-state index < -0.39 is 0 Å². The Morgan fingerprint density at radius 2 is 1.69 bits per heavy atom. The maximum Gasteiger partial charge on any atom is 0.267 e. The molecule has 1 saturated heterocycles. The molecule has 1 aliphatic rings. The van der Waals surface area contributed by atoms with Gasteiger partial charge in [0.2, 0.25) is 0 Å². The van der Waals surface area contributed by atoms with Crippen LogP contribution in [-0.4, -0.2) is 22.6 Å². The minimum atomic E-state index is -0.161. The van der Waals surface area contributed by atoms with Gasteiger partial charge in [0.05, 0.1) is 16.6 Å². The van der Waals surface area contributed by atoms with E-state index in [1.54, 1.807) is 17.0 Å². The van der Waals surface area contributed by atoms with Crippen LogP contribution in [0.5, 0.6) is 5.75 Å². The molecule has 3 aromatic rings. The number of nitrogens with zero attached hydrogens (tertiary/aromatic N) is 3. The third-order valence-electron chi connectivity index (χ3n) is 4.97. The first-order valence-electron chi connectivity index (χ1n) is 10.2. The number of nitriles is 1. The first-order valence-corrected chi connectivity index (χ1v) is 11.0. The molecule has 0 aromatic heterocycles. The van der Waals surface area contributed by atoms with Crippen molar-refractivity contribution >= 4 is 34.6 Å². The molecule has 32 heavy (non-hydrogen) atoms. The number of amidine groups is 1. The Morgan fingerprint density at radius 3 is 2.34 bits per heavy atom. The highest BCUT2D eigenvalue weighted by Gasteiger charge is 2.37. The molecular formula is C26H21N3O2S. The number of hydrogen-bond acceptors (Lipinski definition) is 5. The van der Waals surface area contributed by atoms with Crippen molar-refractivity contribution in [2.24, 2.45) is 4.99 Å². The van der Waals surface area contributed by atoms with Gasteiger partial charge in [-0.1, -0.05) is 60.7 Å². The molecule has 0 N–H and O–H groups in total. The second-order valence-electron chi connectivity index (χ2n) is 7.12. The van der Waals surface area contributed by atoms with E-state index in [1.165, 1.54) is 11.8 Å². The molecule has 1 atom stereocenters. The van der Waals surface area contributed by atoms with E-state index in [0.29, 0.717) is 15.8 Å². The van der Waals surface area contributed by atoms with E-state index in [9.17, 15) is 4.79 Å². The molecule has 0 spiro atoms. The summed E-state index contributed by atoms with van der Waals surface area (Å²) >= 11 is 1.37. The topological polar surface area (TPSA) is 65.7 Å². The molecule has 0 radical (unpaired) electrons. The molecule has 3 aromatic carbocycles. The van der Waals surface area contributed by atoms with Crippen LogP contribution in [0.15, 0.2) is 94.8 Å². The zero-order valence-corrected chi connectivity index (χ0v) is 18.3. The van der Waals surface area contributed by atoms with Gasteiger partial charge in [-0.15, -0.1) is 0 Å². The van der Waals surface area contributed by atoms with E-state index >= 15 is 0 Å². The first-order chi connectivity index (χ1) is 15.7. The molecule has 158 valence electrons. The molecule has 6 heteroatoms. The minimum Gasteiger partial charge on any atom is -0.479 e. The Kier molecular flexibility index (Phi) is 6.69. The van der Waals surface area contributed by atoms with Crippen LogP contribution in [-0.2, 0) is 4.79 Å². The number of benzene rings is 3. The van der Waals surface area contributed by atoms with E-state index in [-0.39, 0.29) is 18.6 Å². The molecule has 0 bridgehead atoms. The number of aliphatic imine (C=N–C) groups is 1. The summed E-state index contributed by atoms with van der Waals surface area (Å²) in [6, 6.07) is 28.7. The summed E-state index contributed by atoms with van der Waals surface area (Å²) in [6.07, 6.45) is 1.86. The summed E-state index contributed by atoms with van der Waals surface area (Å²) in [6.45, 7) is 2.01. The summed E-state index contributed by atoms with van der Waals surface area (Å²) < 4.78 is 5.30. The Labute approximate surface area is 191 Å². The normalized spacial score (nSPS) is 16.9. The Bertz CT molecular complexity index is 1180. The van der Waals surface area contributed by atoms with Crippen molar-refractivity contribution in [3.05, 3.63) is 101 Å². The van der Waals surface area contributed by atoms with Crippen LogP contribution in [0, 0.1) is 11.3 Å². The van der Waals surface area contributed by atoms with Gasteiger partial charge in [-0.05, 0) is 60.2 Å². The largest absolute Gasteiger partial charge is 0.479 e. The smallest absolute Gasteiger partial charge is 0.267 e. The summed E-state index contributed by atoms with van der Waals surface area (Å²) in [5.74, 6) is 0.538. The SMILES string of the molecule is C[C@H](c1ccccc1)N1C(=O)/C(=C\c2ccc(OCC#N)cc2)SC1=Nc1ccccc1. The van der Waals surface area contributed by atoms with Crippen LogP contribution in [0.25, 0.3) is 6.08 Å². The van der Waals surface area contributed by atoms with E-state index in [0.717, 1.165) is 16.8 Å². The summed E-state index contributed by atoms with van der Waals surface area (Å²) in [4.78, 5) is 20.6. The van der Waals surface area contributed by atoms with Crippen LogP contribution in [0.3, 0.4) is 0 Å². The van der Waals surface area contributed by atoms with Crippen LogP contribution in [0.1, 0.15) is 24.1 Å². The van der Waals surface area contributed by atoms with Crippen molar-refractivity contribution in [1.82, 2.24) is 4.90 Å². The van der Waals surface area contributed by atoms with Crippen LogP contribution in [0.2, 0.25) is 0 Å². The molecule has 1 amide bonds. The molecule has 0 unspecified atom stereocenters. The van der Waals surface area contributed by atoms with Crippen molar-refractivity contribution in [3.8, 4) is 11.8 Å². The fraction of sp³-hybridized carbons (Fsp3) is 0.115. The molecule has 1 aliphatic heterocycles. The minimum absolute atomic E-state index is 0.000415. The lowest BCUT2D eigenvalue weighted by atomic mass is 10.1. The predicted molar refractivity (Wildman–Crippen MR) is 128 cm³/mol. The summed E-state index contributed by atoms with van der Waals surface area (Å²) in [5, 5.41) is 9.29. The maximum atomic E-state index is 13.4. The summed E-state index contributed by atoms with van der Waals surface area (Å²) in [5.41, 5.74) is 2.72. The third kappa shape index (κ3) is 4.90. The van der Waals surface area contributed by atoms with Gasteiger partial charge in [0.1, 0.15) is 11.8 Å². The maximum absolute atomic E-state index is 13.4. The molecule has 0 aliphatic carbocycles. The molecule has 1 fully saturated rings. The number of rotatable bonds is 6. The Hall–Kier alpha value is -3.82. The lowest BCUT2D eigenvalue weighted by Gasteiger charge is -2.24. The average Bonchev–Trinajstić information content (AvgIpc) is 3.13. The standard InChI is InChI=1S/C26H21N3O2S/c1-19(21-8-4-2-5-9-21)29-25(30)24(32-26(29)28-22-10-6-3-7-11-22)18-20-12-14-23(15-13-20)31-17-16-27/h2-15,18-19H,17H2,1H3/b24-18+,28-26?/t19-/m1/s1. The van der Waals surface area contributed by atoms with Crippen LogP contribution >= 0.6 is 11.8 Å². The fourth-order valence-corrected chi connectivity index (χ4v) is 4.39. The first kappa shape index (κ1) is 21.4. The molecule has 1 heterocycles. The fourth-order valence-electron chi connectivity index (χ4n) is 3.33. The average molecular weight is 440 g/mol. The highest BCUT2D eigenvalue weighted by molar-refractivity contribution is 8.18. The van der Waals surface area contributed by atoms with Crippen LogP contribution in [0.4, 0.5) is 5.69 Å². The van der Waals surface area contributed by atoms with E-state index in [2.05, 4.69) is 0 Å². The number of thioether (sulfide) groups is 1. The predicted octanol–water partition coefficient (Wildman–Crippen LogP) is 5.95. The van der Waals surface area contributed by atoms with Gasteiger partial charge in [-0.2, -0.15) is 5.26 Å². The van der Waals surface area contributed by atoms with Gasteiger partial charge >= 0.3 is 0 Å². The lowest BCUT2D eigenvalue weighted by Crippen LogP contribution is -2.32. The number of ether oxygens (including phenoxy) is 1. The van der Waals surface area contributed by atoms with Gasteiger partial charge in [0, 0.05) is 0 Å². The quantitative estimate of drug-likeness (QED) is 0.445. The van der Waals surface area contributed by atoms with Gasteiger partial charge < -0.3 is 4.74 Å². The van der Waals surface area contributed by atoms with Gasteiger partial charge in [-0.3, -0.25) is 9.69 Å². The number of para-hydroxylation sites is 1. The monoisotopic (exact) mass is 439 g/mol. The zero-order chi connectivity index (χ0) is 22.3. The number of hydrogen-bond donors (Lipinski definition) is 0. The van der Waals surface area contributed by atoms with Crippen molar-refractivity contribution in [3.63, 3.8) is 0 Å². The number of carbonyl (C=O) groups excluding carboxylic acids is 1. The molecule has 4 rings (SSSR count). The van der Waals surface area contributed by atoms with Gasteiger partial charge in [0.25, 0.3) is 5.91 Å². The van der Waals surface area contributed by atoms with Crippen molar-refractivity contribution < 1.29 is 9.53 Å². The van der Waals surface area contributed by atoms with Gasteiger partial charge in [-0.25, -0.2) is 4.99 Å². The molecular weight excluding hydrogens is 418 g/mol. The van der Waals surface area contributed by atoms with Crippen molar-refractivity contribution in [1.29, 1.82) is 5.26 Å². The van der Waals surface area contributed by atoms with Crippen LogP contribution < -0.4 is 4.74 Å². The van der Waals surface area contributed by atoms with E-state index in [1.807, 2.05) is 91.9 Å². The second kappa shape index (κ2) is 9.99. The van der Waals surface area contributed by atoms with Crippen molar-refractivity contribution in [2.45, 2.75) is 13.0 Å².